The van der Waals surface area contributed by atoms with E-state index in [4.69, 9.17) is 9.15 Å². The Kier molecular flexibility index (Phi) is 7.80. The number of para-hydroxylation sites is 1. The van der Waals surface area contributed by atoms with Gasteiger partial charge in [0.15, 0.2) is 5.96 Å². The Morgan fingerprint density at radius 3 is 2.55 bits per heavy atom. The molecular formula is C21H27F3N4O3. The lowest BCUT2D eigenvalue weighted by Gasteiger charge is -2.33. The number of ether oxygens (including phenoxy) is 2. The van der Waals surface area contributed by atoms with Crippen LogP contribution in [-0.4, -0.2) is 57.1 Å². The lowest BCUT2D eigenvalue weighted by atomic mass is 10.1. The van der Waals surface area contributed by atoms with Crippen molar-refractivity contribution in [2.45, 2.75) is 25.9 Å². The van der Waals surface area contributed by atoms with E-state index in [-0.39, 0.29) is 18.3 Å². The topological polar surface area (TPSA) is 71.3 Å². The minimum atomic E-state index is -4.75. The van der Waals surface area contributed by atoms with Crippen LogP contribution in [0, 0.1) is 6.92 Å². The first-order valence-corrected chi connectivity index (χ1v) is 10.0. The summed E-state index contributed by atoms with van der Waals surface area (Å²) in [6, 6.07) is 9.86. The van der Waals surface area contributed by atoms with E-state index in [9.17, 15) is 13.2 Å². The van der Waals surface area contributed by atoms with E-state index < -0.39 is 6.36 Å². The number of morpholine rings is 1. The number of furan rings is 1. The van der Waals surface area contributed by atoms with Crippen molar-refractivity contribution in [1.82, 2.24) is 15.5 Å². The molecule has 1 atom stereocenters. The van der Waals surface area contributed by atoms with Crippen molar-refractivity contribution in [2.75, 3.05) is 39.9 Å². The second kappa shape index (κ2) is 10.5. The molecule has 0 bridgehead atoms. The third-order valence-corrected chi connectivity index (χ3v) is 4.91. The smallest absolute Gasteiger partial charge is 0.465 e. The number of nitrogens with one attached hydrogen (secondary N) is 2. The van der Waals surface area contributed by atoms with Gasteiger partial charge in [0, 0.05) is 38.8 Å². The first kappa shape index (κ1) is 23.0. The first-order chi connectivity index (χ1) is 14.9. The first-order valence-electron chi connectivity index (χ1n) is 10.0. The van der Waals surface area contributed by atoms with Gasteiger partial charge in [0.1, 0.15) is 17.3 Å². The highest BCUT2D eigenvalue weighted by Crippen LogP contribution is 2.26. The number of hydrogen-bond donors (Lipinski definition) is 2. The third kappa shape index (κ3) is 6.90. The lowest BCUT2D eigenvalue weighted by Crippen LogP contribution is -2.46. The van der Waals surface area contributed by atoms with Crippen molar-refractivity contribution in [3.05, 3.63) is 53.5 Å². The number of aryl methyl sites for hydroxylation is 1. The Labute approximate surface area is 179 Å². The van der Waals surface area contributed by atoms with Gasteiger partial charge in [-0.1, -0.05) is 18.2 Å². The van der Waals surface area contributed by atoms with Gasteiger partial charge in [0.25, 0.3) is 0 Å². The highest BCUT2D eigenvalue weighted by atomic mass is 19.4. The molecule has 1 fully saturated rings. The van der Waals surface area contributed by atoms with E-state index in [0.29, 0.717) is 31.3 Å². The van der Waals surface area contributed by atoms with Gasteiger partial charge in [-0.25, -0.2) is 0 Å². The SMILES string of the molecule is CN=C(NCc1ccccc1OC(F)(F)F)NCC(c1ccc(C)o1)N1CCOCC1. The van der Waals surface area contributed by atoms with Gasteiger partial charge < -0.3 is 24.5 Å². The van der Waals surface area contributed by atoms with Gasteiger partial charge in [-0.3, -0.25) is 9.89 Å². The normalized spacial score (nSPS) is 16.7. The molecule has 1 saturated heterocycles. The summed E-state index contributed by atoms with van der Waals surface area (Å²) in [6.07, 6.45) is -4.75. The molecule has 0 radical (unpaired) electrons. The molecule has 0 saturated carbocycles. The van der Waals surface area contributed by atoms with Gasteiger partial charge >= 0.3 is 6.36 Å². The summed E-state index contributed by atoms with van der Waals surface area (Å²) in [6.45, 7) is 5.38. The third-order valence-electron chi connectivity index (χ3n) is 4.91. The van der Waals surface area contributed by atoms with E-state index in [2.05, 4.69) is 25.3 Å². The molecule has 1 aliphatic rings. The van der Waals surface area contributed by atoms with E-state index >= 15 is 0 Å². The Hall–Kier alpha value is -2.72. The van der Waals surface area contributed by atoms with E-state index in [1.165, 1.54) is 12.1 Å². The van der Waals surface area contributed by atoms with Crippen molar-refractivity contribution >= 4 is 5.96 Å². The molecule has 0 amide bonds. The van der Waals surface area contributed by atoms with Crippen molar-refractivity contribution in [3.8, 4) is 5.75 Å². The summed E-state index contributed by atoms with van der Waals surface area (Å²) in [4.78, 5) is 6.45. The summed E-state index contributed by atoms with van der Waals surface area (Å²) in [5.41, 5.74) is 0.370. The molecule has 0 spiro atoms. The lowest BCUT2D eigenvalue weighted by molar-refractivity contribution is -0.274. The summed E-state index contributed by atoms with van der Waals surface area (Å²) >= 11 is 0. The maximum Gasteiger partial charge on any atom is 0.573 e. The van der Waals surface area contributed by atoms with Crippen LogP contribution < -0.4 is 15.4 Å². The number of halogens is 3. The number of aliphatic imine (C=N–C) groups is 1. The number of alkyl halides is 3. The maximum absolute atomic E-state index is 12.6. The van der Waals surface area contributed by atoms with Gasteiger partial charge in [-0.2, -0.15) is 0 Å². The van der Waals surface area contributed by atoms with Crippen LogP contribution in [-0.2, 0) is 11.3 Å². The summed E-state index contributed by atoms with van der Waals surface area (Å²) in [5, 5.41) is 6.29. The molecule has 1 aromatic heterocycles. The van der Waals surface area contributed by atoms with Crippen molar-refractivity contribution in [1.29, 1.82) is 0 Å². The predicted molar refractivity (Wildman–Crippen MR) is 110 cm³/mol. The van der Waals surface area contributed by atoms with Crippen molar-refractivity contribution in [2.24, 2.45) is 4.99 Å². The zero-order valence-electron chi connectivity index (χ0n) is 17.5. The van der Waals surface area contributed by atoms with Crippen molar-refractivity contribution in [3.63, 3.8) is 0 Å². The molecule has 1 aliphatic heterocycles. The average Bonchev–Trinajstić information content (AvgIpc) is 3.17. The van der Waals surface area contributed by atoms with Crippen LogP contribution in [0.4, 0.5) is 13.2 Å². The second-order valence-electron chi connectivity index (χ2n) is 7.07. The molecular weight excluding hydrogens is 413 g/mol. The fourth-order valence-corrected chi connectivity index (χ4v) is 3.40. The van der Waals surface area contributed by atoms with Gasteiger partial charge in [0.05, 0.1) is 19.3 Å². The Balaban J connectivity index is 1.62. The standard InChI is InChI=1S/C21H27F3N4O3/c1-15-7-8-19(30-15)17(28-9-11-29-12-10-28)14-27-20(25-2)26-13-16-5-3-4-6-18(16)31-21(22,23)24/h3-8,17H,9-14H2,1-2H3,(H2,25,26,27). The molecule has 2 heterocycles. The molecule has 1 unspecified atom stereocenters. The number of benzene rings is 1. The molecule has 10 heteroatoms. The Morgan fingerprint density at radius 1 is 1.16 bits per heavy atom. The molecule has 2 N–H and O–H groups in total. The Bertz CT molecular complexity index is 864. The highest BCUT2D eigenvalue weighted by Gasteiger charge is 2.32. The molecule has 0 aliphatic carbocycles. The Morgan fingerprint density at radius 2 is 1.90 bits per heavy atom. The molecule has 2 aromatic rings. The number of nitrogens with zero attached hydrogens (tertiary/aromatic N) is 2. The van der Waals surface area contributed by atoms with Crippen LogP contribution in [0.2, 0.25) is 0 Å². The molecule has 7 nitrogen and oxygen atoms in total. The molecule has 1 aromatic carbocycles. The molecule has 170 valence electrons. The fourth-order valence-electron chi connectivity index (χ4n) is 3.40. The zero-order valence-corrected chi connectivity index (χ0v) is 17.5. The van der Waals surface area contributed by atoms with Crippen LogP contribution in [0.25, 0.3) is 0 Å². The zero-order chi connectivity index (χ0) is 22.3. The number of rotatable bonds is 7. The highest BCUT2D eigenvalue weighted by molar-refractivity contribution is 5.79. The largest absolute Gasteiger partial charge is 0.573 e. The predicted octanol–water partition coefficient (Wildman–Crippen LogP) is 3.23. The van der Waals surface area contributed by atoms with Gasteiger partial charge in [-0.15, -0.1) is 13.2 Å². The van der Waals surface area contributed by atoms with E-state index in [0.717, 1.165) is 24.6 Å². The average molecular weight is 440 g/mol. The van der Waals surface area contributed by atoms with E-state index in [1.807, 2.05) is 19.1 Å². The van der Waals surface area contributed by atoms with Crippen LogP contribution in [0.1, 0.15) is 23.1 Å². The summed E-state index contributed by atoms with van der Waals surface area (Å²) < 4.78 is 53.3. The molecule has 3 rings (SSSR count). The second-order valence-corrected chi connectivity index (χ2v) is 7.07. The van der Waals surface area contributed by atoms with Crippen molar-refractivity contribution < 1.29 is 27.1 Å². The minimum absolute atomic E-state index is 0.0306. The fraction of sp³-hybridized carbons (Fsp3) is 0.476. The minimum Gasteiger partial charge on any atom is -0.465 e. The van der Waals surface area contributed by atoms with Crippen LogP contribution in [0.3, 0.4) is 0 Å². The van der Waals surface area contributed by atoms with Gasteiger partial charge in [0.2, 0.25) is 0 Å². The quantitative estimate of drug-likeness (QED) is 0.509. The molecule has 31 heavy (non-hydrogen) atoms. The summed E-state index contributed by atoms with van der Waals surface area (Å²) in [5.74, 6) is 1.89. The number of guanidine groups is 1. The van der Waals surface area contributed by atoms with E-state index in [1.54, 1.807) is 19.2 Å². The summed E-state index contributed by atoms with van der Waals surface area (Å²) in [7, 11) is 1.61. The van der Waals surface area contributed by atoms with Crippen LogP contribution in [0.15, 0.2) is 45.8 Å². The monoisotopic (exact) mass is 440 g/mol. The number of hydrogen-bond acceptors (Lipinski definition) is 5. The van der Waals surface area contributed by atoms with Crippen LogP contribution in [0.5, 0.6) is 5.75 Å². The maximum atomic E-state index is 12.6. The van der Waals surface area contributed by atoms with Gasteiger partial charge in [-0.05, 0) is 25.1 Å². The van der Waals surface area contributed by atoms with Crippen LogP contribution >= 0.6 is 0 Å².